The summed E-state index contributed by atoms with van der Waals surface area (Å²) >= 11 is 18.1. The number of sulfone groups is 1. The number of carbonyl (C=O) groups is 2. The van der Waals surface area contributed by atoms with Crippen LogP contribution in [0.3, 0.4) is 0 Å². The van der Waals surface area contributed by atoms with E-state index >= 15 is 0 Å². The molecule has 3 aromatic carbocycles. The number of halogens is 3. The lowest BCUT2D eigenvalue weighted by atomic mass is 10.1. The molecule has 1 atom stereocenters. The van der Waals surface area contributed by atoms with Gasteiger partial charge in [0, 0.05) is 11.6 Å². The number of nitrogens with one attached hydrogen (secondary N) is 2. The summed E-state index contributed by atoms with van der Waals surface area (Å²) in [6.45, 7) is 3.37. The number of aryl methyl sites for hydroxylation is 1. The maximum atomic E-state index is 13.0. The lowest BCUT2D eigenvalue weighted by Crippen LogP contribution is -2.34. The molecule has 0 saturated carbocycles. The fourth-order valence-corrected chi connectivity index (χ4v) is 5.60. The summed E-state index contributed by atoms with van der Waals surface area (Å²) in [6.07, 6.45) is -0.0161. The van der Waals surface area contributed by atoms with Gasteiger partial charge in [0.1, 0.15) is 11.0 Å². The summed E-state index contributed by atoms with van der Waals surface area (Å²) in [5.74, 6) is -2.26. The molecule has 200 valence electrons. The summed E-state index contributed by atoms with van der Waals surface area (Å²) in [4.78, 5) is 25.6. The topological polar surface area (TPSA) is 145 Å². The van der Waals surface area contributed by atoms with E-state index in [2.05, 4.69) is 15.8 Å². The number of phenolic OH excluding ortho intramolecular Hbond substituents is 1. The summed E-state index contributed by atoms with van der Waals surface area (Å²) in [5.41, 5.74) is 0.340. The number of rotatable bonds is 8. The standard InChI is InChI=1S/C25H22Cl3N3O6S/c1-3-22(38(36,37)15-7-4-13(2)5-8-15)24(33)29-19-12-21(32)20(11-18(19)28)30-25(34)23(31-35)14-6-9-16(26)17(27)10-14/h4-12,22,32,35H,3H2,1-2H3,(H,29,33)(H,30,34). The molecule has 0 fully saturated rings. The molecule has 3 rings (SSSR count). The zero-order chi connectivity index (χ0) is 28.2. The minimum Gasteiger partial charge on any atom is -0.506 e. The second-order valence-electron chi connectivity index (χ2n) is 8.13. The summed E-state index contributed by atoms with van der Waals surface area (Å²) in [7, 11) is -4.01. The Labute approximate surface area is 233 Å². The highest BCUT2D eigenvalue weighted by molar-refractivity contribution is 7.92. The Balaban J connectivity index is 1.81. The predicted octanol–water partition coefficient (Wildman–Crippen LogP) is 5.67. The smallest absolute Gasteiger partial charge is 0.278 e. The Bertz CT molecular complexity index is 1530. The molecular weight excluding hydrogens is 577 g/mol. The van der Waals surface area contributed by atoms with Crippen molar-refractivity contribution in [1.29, 1.82) is 0 Å². The first kappa shape index (κ1) is 29.2. The molecule has 0 aliphatic heterocycles. The maximum Gasteiger partial charge on any atom is 0.278 e. The summed E-state index contributed by atoms with van der Waals surface area (Å²) in [6, 6.07) is 12.5. The van der Waals surface area contributed by atoms with E-state index < -0.39 is 38.4 Å². The van der Waals surface area contributed by atoms with E-state index in [1.807, 2.05) is 6.92 Å². The molecule has 2 amide bonds. The molecule has 0 heterocycles. The molecular formula is C25H22Cl3N3O6S. The van der Waals surface area contributed by atoms with Gasteiger partial charge in [-0.3, -0.25) is 9.59 Å². The van der Waals surface area contributed by atoms with E-state index in [0.29, 0.717) is 0 Å². The molecule has 0 aromatic heterocycles. The van der Waals surface area contributed by atoms with E-state index in [-0.39, 0.29) is 43.3 Å². The van der Waals surface area contributed by atoms with Gasteiger partial charge in [-0.15, -0.1) is 0 Å². The largest absolute Gasteiger partial charge is 0.506 e. The van der Waals surface area contributed by atoms with Gasteiger partial charge < -0.3 is 20.9 Å². The van der Waals surface area contributed by atoms with Crippen LogP contribution in [0.15, 0.2) is 64.6 Å². The van der Waals surface area contributed by atoms with Crippen LogP contribution in [-0.2, 0) is 19.4 Å². The first-order chi connectivity index (χ1) is 17.9. The molecule has 0 saturated heterocycles. The number of aromatic hydroxyl groups is 1. The van der Waals surface area contributed by atoms with Crippen molar-refractivity contribution in [2.24, 2.45) is 5.16 Å². The number of carbonyl (C=O) groups excluding carboxylic acids is 2. The van der Waals surface area contributed by atoms with Gasteiger partial charge in [-0.1, -0.05) is 70.6 Å². The second kappa shape index (κ2) is 12.0. The van der Waals surface area contributed by atoms with Gasteiger partial charge in [0.05, 0.1) is 31.3 Å². The zero-order valence-electron chi connectivity index (χ0n) is 20.0. The van der Waals surface area contributed by atoms with Gasteiger partial charge >= 0.3 is 0 Å². The molecule has 13 heteroatoms. The van der Waals surface area contributed by atoms with Crippen molar-refractivity contribution in [3.8, 4) is 5.75 Å². The molecule has 4 N–H and O–H groups in total. The number of hydrogen-bond acceptors (Lipinski definition) is 7. The lowest BCUT2D eigenvalue weighted by Gasteiger charge is -2.18. The van der Waals surface area contributed by atoms with Gasteiger partial charge in [-0.05, 0) is 43.7 Å². The highest BCUT2D eigenvalue weighted by Gasteiger charge is 2.33. The second-order valence-corrected chi connectivity index (χ2v) is 11.5. The minimum absolute atomic E-state index is 0.000399. The molecule has 38 heavy (non-hydrogen) atoms. The van der Waals surface area contributed by atoms with Crippen LogP contribution in [0.4, 0.5) is 11.4 Å². The highest BCUT2D eigenvalue weighted by atomic mass is 35.5. The van der Waals surface area contributed by atoms with Crippen LogP contribution in [0.25, 0.3) is 0 Å². The summed E-state index contributed by atoms with van der Waals surface area (Å²) in [5, 5.41) is 26.4. The van der Waals surface area contributed by atoms with E-state index in [9.17, 15) is 28.3 Å². The molecule has 0 spiro atoms. The molecule has 0 radical (unpaired) electrons. The van der Waals surface area contributed by atoms with E-state index in [1.165, 1.54) is 30.3 Å². The Hall–Kier alpha value is -3.31. The van der Waals surface area contributed by atoms with Crippen molar-refractivity contribution in [2.45, 2.75) is 30.4 Å². The minimum atomic E-state index is -4.01. The number of amides is 2. The number of hydrogen-bond donors (Lipinski definition) is 4. The van der Waals surface area contributed by atoms with Crippen LogP contribution in [0.1, 0.15) is 24.5 Å². The first-order valence-electron chi connectivity index (χ1n) is 11.0. The van der Waals surface area contributed by atoms with Crippen LogP contribution < -0.4 is 10.6 Å². The summed E-state index contributed by atoms with van der Waals surface area (Å²) < 4.78 is 26.1. The molecule has 0 aliphatic rings. The van der Waals surface area contributed by atoms with Crippen LogP contribution in [0, 0.1) is 6.92 Å². The van der Waals surface area contributed by atoms with Gasteiger partial charge in [-0.2, -0.15) is 0 Å². The van der Waals surface area contributed by atoms with Crippen LogP contribution in [-0.4, -0.2) is 41.5 Å². The third-order valence-corrected chi connectivity index (χ3v) is 8.76. The number of nitrogens with zero attached hydrogens (tertiary/aromatic N) is 1. The molecule has 3 aromatic rings. The molecule has 1 unspecified atom stereocenters. The predicted molar refractivity (Wildman–Crippen MR) is 148 cm³/mol. The van der Waals surface area contributed by atoms with Crippen LogP contribution >= 0.6 is 34.8 Å². The Morgan fingerprint density at radius 1 is 0.921 bits per heavy atom. The van der Waals surface area contributed by atoms with Crippen molar-refractivity contribution in [2.75, 3.05) is 10.6 Å². The number of anilines is 2. The fraction of sp³-hybridized carbons (Fsp3) is 0.160. The Morgan fingerprint density at radius 3 is 2.16 bits per heavy atom. The van der Waals surface area contributed by atoms with Crippen LogP contribution in [0.5, 0.6) is 5.75 Å². The molecule has 0 bridgehead atoms. The molecule has 9 nitrogen and oxygen atoms in total. The molecule has 0 aliphatic carbocycles. The monoisotopic (exact) mass is 597 g/mol. The number of benzene rings is 3. The SMILES string of the molecule is CCC(C(=O)Nc1cc(O)c(NC(=O)C(=NO)c2ccc(Cl)c(Cl)c2)cc1Cl)S(=O)(=O)c1ccc(C)cc1. The number of oxime groups is 1. The third-order valence-electron chi connectivity index (χ3n) is 5.49. The van der Waals surface area contributed by atoms with Crippen molar-refractivity contribution in [3.63, 3.8) is 0 Å². The third kappa shape index (κ3) is 6.39. The van der Waals surface area contributed by atoms with Crippen molar-refractivity contribution >= 4 is 73.5 Å². The average molecular weight is 599 g/mol. The van der Waals surface area contributed by atoms with Crippen molar-refractivity contribution in [3.05, 3.63) is 80.8 Å². The first-order valence-corrected chi connectivity index (χ1v) is 13.7. The quantitative estimate of drug-likeness (QED) is 0.114. The fourth-order valence-electron chi connectivity index (χ4n) is 3.47. The van der Waals surface area contributed by atoms with Gasteiger partial charge in [0.25, 0.3) is 5.91 Å². The normalized spacial score (nSPS) is 12.6. The van der Waals surface area contributed by atoms with Gasteiger partial charge in [0.15, 0.2) is 15.5 Å². The van der Waals surface area contributed by atoms with Crippen molar-refractivity contribution in [1.82, 2.24) is 0 Å². The van der Waals surface area contributed by atoms with Crippen molar-refractivity contribution < 1.29 is 28.3 Å². The highest BCUT2D eigenvalue weighted by Crippen LogP contribution is 2.35. The number of phenols is 1. The Morgan fingerprint density at radius 2 is 1.58 bits per heavy atom. The zero-order valence-corrected chi connectivity index (χ0v) is 23.1. The van der Waals surface area contributed by atoms with Gasteiger partial charge in [-0.25, -0.2) is 8.42 Å². The van der Waals surface area contributed by atoms with E-state index in [4.69, 9.17) is 34.8 Å². The van der Waals surface area contributed by atoms with E-state index in [1.54, 1.807) is 19.1 Å². The lowest BCUT2D eigenvalue weighted by molar-refractivity contribution is -0.116. The van der Waals surface area contributed by atoms with Gasteiger partial charge in [0.2, 0.25) is 5.91 Å². The maximum absolute atomic E-state index is 13.0. The van der Waals surface area contributed by atoms with E-state index in [0.717, 1.165) is 17.7 Å². The average Bonchev–Trinajstić information content (AvgIpc) is 2.85. The Kier molecular flexibility index (Phi) is 9.26. The van der Waals surface area contributed by atoms with Crippen LogP contribution in [0.2, 0.25) is 15.1 Å².